The van der Waals surface area contributed by atoms with Crippen LogP contribution in [-0.4, -0.2) is 16.4 Å². The zero-order chi connectivity index (χ0) is 8.60. The summed E-state index contributed by atoms with van der Waals surface area (Å²) in [6.07, 6.45) is -2.48. The van der Waals surface area contributed by atoms with Gasteiger partial charge in [0.15, 0.2) is 0 Å². The predicted molar refractivity (Wildman–Crippen MR) is 39.0 cm³/mol. The molecule has 1 heterocycles. The van der Waals surface area contributed by atoms with Crippen molar-refractivity contribution in [2.75, 3.05) is 0 Å². The van der Waals surface area contributed by atoms with Gasteiger partial charge in [-0.2, -0.15) is 0 Å². The first-order valence-electron chi connectivity index (χ1n) is 3.53. The molecule has 0 saturated heterocycles. The highest BCUT2D eigenvalue weighted by Gasteiger charge is 2.32. The normalized spacial score (nSPS) is 19.5. The third-order valence-electron chi connectivity index (χ3n) is 1.63. The van der Waals surface area contributed by atoms with Crippen LogP contribution in [0.5, 0.6) is 5.75 Å². The van der Waals surface area contributed by atoms with Gasteiger partial charge in [0.2, 0.25) is 0 Å². The van der Waals surface area contributed by atoms with E-state index in [1.807, 2.05) is 6.07 Å². The quantitative estimate of drug-likeness (QED) is 0.543. The van der Waals surface area contributed by atoms with E-state index in [4.69, 9.17) is 14.9 Å². The largest absolute Gasteiger partial charge is 0.456 e. The van der Waals surface area contributed by atoms with Crippen molar-refractivity contribution in [2.24, 2.45) is 0 Å². The second-order valence-corrected chi connectivity index (χ2v) is 2.55. The number of hydrogen-bond acceptors (Lipinski definition) is 4. The second-order valence-electron chi connectivity index (χ2n) is 2.55. The van der Waals surface area contributed by atoms with Crippen LogP contribution in [0.15, 0.2) is 24.3 Å². The standard InChI is InChI=1S/C8H8O4/c9-8(10)11-5-6-3-1-2-4-7(6)12-8/h1-4,9-10H,5H2. The highest BCUT2D eigenvalue weighted by atomic mass is 16.9. The van der Waals surface area contributed by atoms with Crippen LogP contribution in [0.1, 0.15) is 5.56 Å². The number of hydrogen-bond donors (Lipinski definition) is 2. The molecule has 0 bridgehead atoms. The Morgan fingerprint density at radius 1 is 1.25 bits per heavy atom. The lowest BCUT2D eigenvalue weighted by Gasteiger charge is -2.27. The molecular formula is C8H8O4. The van der Waals surface area contributed by atoms with Crippen molar-refractivity contribution in [2.45, 2.75) is 12.8 Å². The summed E-state index contributed by atoms with van der Waals surface area (Å²) in [7, 11) is 0. The first kappa shape index (κ1) is 7.54. The van der Waals surface area contributed by atoms with Crippen molar-refractivity contribution in [3.63, 3.8) is 0 Å². The highest BCUT2D eigenvalue weighted by molar-refractivity contribution is 5.33. The van der Waals surface area contributed by atoms with Crippen LogP contribution in [0.25, 0.3) is 0 Å². The Balaban J connectivity index is 2.35. The van der Waals surface area contributed by atoms with E-state index in [1.165, 1.54) is 0 Å². The Bertz CT molecular complexity index is 295. The average Bonchev–Trinajstić information content (AvgIpc) is 2.02. The van der Waals surface area contributed by atoms with E-state index in [9.17, 15) is 0 Å². The van der Waals surface area contributed by atoms with E-state index in [-0.39, 0.29) is 6.61 Å². The summed E-state index contributed by atoms with van der Waals surface area (Å²) in [5, 5.41) is 17.9. The van der Waals surface area contributed by atoms with E-state index in [1.54, 1.807) is 18.2 Å². The molecule has 0 atom stereocenters. The van der Waals surface area contributed by atoms with E-state index >= 15 is 0 Å². The van der Waals surface area contributed by atoms with Crippen LogP contribution in [0.4, 0.5) is 0 Å². The lowest BCUT2D eigenvalue weighted by molar-refractivity contribution is -0.449. The summed E-state index contributed by atoms with van der Waals surface area (Å²) in [5.74, 6) is 0.439. The predicted octanol–water partition coefficient (Wildman–Crippen LogP) is 0.192. The molecule has 2 N–H and O–H groups in total. The molecule has 4 heteroatoms. The van der Waals surface area contributed by atoms with Crippen molar-refractivity contribution in [1.29, 1.82) is 0 Å². The molecule has 0 fully saturated rings. The summed E-state index contributed by atoms with van der Waals surface area (Å²) in [5.41, 5.74) is 0.802. The van der Waals surface area contributed by atoms with Crippen LogP contribution in [0, 0.1) is 0 Å². The fraction of sp³-hybridized carbons (Fsp3) is 0.250. The Morgan fingerprint density at radius 2 is 2.00 bits per heavy atom. The number of aliphatic hydroxyl groups is 2. The Labute approximate surface area is 69.0 Å². The maximum Gasteiger partial charge on any atom is 0.456 e. The van der Waals surface area contributed by atoms with Gasteiger partial charge in [-0.1, -0.05) is 18.2 Å². The monoisotopic (exact) mass is 168 g/mol. The van der Waals surface area contributed by atoms with Crippen LogP contribution in [0.3, 0.4) is 0 Å². The topological polar surface area (TPSA) is 58.9 Å². The zero-order valence-corrected chi connectivity index (χ0v) is 6.23. The lowest BCUT2D eigenvalue weighted by atomic mass is 10.2. The van der Waals surface area contributed by atoms with Crippen LogP contribution >= 0.6 is 0 Å². The molecule has 12 heavy (non-hydrogen) atoms. The number of para-hydroxylation sites is 1. The molecule has 1 aliphatic heterocycles. The fourth-order valence-electron chi connectivity index (χ4n) is 1.07. The van der Waals surface area contributed by atoms with Gasteiger partial charge >= 0.3 is 6.16 Å². The van der Waals surface area contributed by atoms with E-state index in [0.717, 1.165) is 5.56 Å². The fourth-order valence-corrected chi connectivity index (χ4v) is 1.07. The van der Waals surface area contributed by atoms with Crippen LogP contribution in [0.2, 0.25) is 0 Å². The molecular weight excluding hydrogens is 160 g/mol. The summed E-state index contributed by atoms with van der Waals surface area (Å²) >= 11 is 0. The molecule has 0 aliphatic carbocycles. The summed E-state index contributed by atoms with van der Waals surface area (Å²) in [4.78, 5) is 0. The summed E-state index contributed by atoms with van der Waals surface area (Å²) < 4.78 is 9.29. The summed E-state index contributed by atoms with van der Waals surface area (Å²) in [6, 6.07) is 7.02. The molecule has 2 rings (SSSR count). The molecule has 1 aliphatic rings. The number of rotatable bonds is 0. The number of ether oxygens (including phenoxy) is 2. The van der Waals surface area contributed by atoms with E-state index < -0.39 is 6.16 Å². The van der Waals surface area contributed by atoms with Gasteiger partial charge in [-0.3, -0.25) is 4.74 Å². The molecule has 1 aromatic carbocycles. The van der Waals surface area contributed by atoms with Gasteiger partial charge in [0.1, 0.15) is 5.75 Å². The lowest BCUT2D eigenvalue weighted by Crippen LogP contribution is -2.41. The molecule has 4 nitrogen and oxygen atoms in total. The van der Waals surface area contributed by atoms with Gasteiger partial charge in [-0.25, -0.2) is 0 Å². The van der Waals surface area contributed by atoms with E-state index in [0.29, 0.717) is 5.75 Å². The van der Waals surface area contributed by atoms with E-state index in [2.05, 4.69) is 4.74 Å². The Kier molecular flexibility index (Phi) is 1.54. The molecule has 0 unspecified atom stereocenters. The Morgan fingerprint density at radius 3 is 2.83 bits per heavy atom. The minimum absolute atomic E-state index is 0.142. The van der Waals surface area contributed by atoms with Crippen molar-refractivity contribution in [3.8, 4) is 5.75 Å². The molecule has 0 aromatic heterocycles. The second kappa shape index (κ2) is 2.45. The van der Waals surface area contributed by atoms with Gasteiger partial charge < -0.3 is 14.9 Å². The zero-order valence-electron chi connectivity index (χ0n) is 6.23. The minimum atomic E-state index is -2.48. The first-order valence-corrected chi connectivity index (χ1v) is 3.53. The Hall–Kier alpha value is -1.10. The third kappa shape index (κ3) is 1.27. The smallest absolute Gasteiger partial charge is 0.416 e. The third-order valence-corrected chi connectivity index (χ3v) is 1.63. The number of benzene rings is 1. The maximum atomic E-state index is 8.93. The van der Waals surface area contributed by atoms with Gasteiger partial charge in [0.25, 0.3) is 0 Å². The van der Waals surface area contributed by atoms with Gasteiger partial charge in [-0.15, -0.1) is 0 Å². The van der Waals surface area contributed by atoms with Gasteiger partial charge in [-0.05, 0) is 6.07 Å². The molecule has 0 radical (unpaired) electrons. The molecule has 1 aromatic rings. The average molecular weight is 168 g/mol. The van der Waals surface area contributed by atoms with Crippen molar-refractivity contribution >= 4 is 0 Å². The summed E-state index contributed by atoms with van der Waals surface area (Å²) in [6.45, 7) is 0.142. The SMILES string of the molecule is OC1(O)OCc2ccccc2O1. The molecule has 64 valence electrons. The first-order chi connectivity index (χ1) is 5.67. The molecule has 0 spiro atoms. The van der Waals surface area contributed by atoms with Crippen molar-refractivity contribution in [1.82, 2.24) is 0 Å². The molecule has 0 amide bonds. The molecule has 0 saturated carbocycles. The minimum Gasteiger partial charge on any atom is -0.416 e. The number of fused-ring (bicyclic) bond motifs is 1. The van der Waals surface area contributed by atoms with Crippen LogP contribution < -0.4 is 4.74 Å². The highest BCUT2D eigenvalue weighted by Crippen LogP contribution is 2.27. The van der Waals surface area contributed by atoms with Gasteiger partial charge in [0.05, 0.1) is 6.61 Å². The van der Waals surface area contributed by atoms with Crippen LogP contribution in [-0.2, 0) is 11.3 Å². The van der Waals surface area contributed by atoms with Crippen molar-refractivity contribution in [3.05, 3.63) is 29.8 Å². The van der Waals surface area contributed by atoms with Gasteiger partial charge in [0, 0.05) is 5.56 Å². The maximum absolute atomic E-state index is 8.93. The van der Waals surface area contributed by atoms with Crippen molar-refractivity contribution < 1.29 is 19.7 Å².